The summed E-state index contributed by atoms with van der Waals surface area (Å²) in [7, 11) is 0. The molecule has 1 aliphatic rings. The Bertz CT molecular complexity index is 2930. The molecule has 1 aliphatic carbocycles. The fraction of sp³-hybridized carbons (Fsp3) is 0.0227. The van der Waals surface area contributed by atoms with Crippen molar-refractivity contribution in [2.24, 2.45) is 0 Å². The van der Waals surface area contributed by atoms with E-state index in [1.165, 1.54) is 0 Å². The number of para-hydroxylation sites is 2. The molecule has 0 aliphatic heterocycles. The van der Waals surface area contributed by atoms with Gasteiger partial charge in [-0.2, -0.15) is 0 Å². The molecule has 4 aromatic heterocycles. The van der Waals surface area contributed by atoms with Crippen molar-refractivity contribution in [1.29, 1.82) is 0 Å². The van der Waals surface area contributed by atoms with Crippen LogP contribution in [0.5, 0.6) is 0 Å². The van der Waals surface area contributed by atoms with Crippen molar-refractivity contribution in [3.8, 4) is 33.8 Å². The van der Waals surface area contributed by atoms with Crippen molar-refractivity contribution in [2.45, 2.75) is 6.92 Å². The fourth-order valence-corrected chi connectivity index (χ4v) is 7.28. The molecule has 0 unspecified atom stereocenters. The van der Waals surface area contributed by atoms with Crippen LogP contribution in [-0.2, 0) is 0 Å². The summed E-state index contributed by atoms with van der Waals surface area (Å²) >= 11 is 0. The molecule has 0 amide bonds. The second kappa shape index (κ2) is 10.7. The van der Waals surface area contributed by atoms with Crippen molar-refractivity contribution in [2.75, 3.05) is 0 Å². The Morgan fingerprint density at radius 3 is 2.37 bits per heavy atom. The van der Waals surface area contributed by atoms with Gasteiger partial charge in [-0.25, -0.2) is 15.0 Å². The van der Waals surface area contributed by atoms with E-state index in [1.54, 1.807) is 0 Å². The Hall–Kier alpha value is -6.68. The first-order valence-corrected chi connectivity index (χ1v) is 16.3. The zero-order valence-corrected chi connectivity index (χ0v) is 26.5. The summed E-state index contributed by atoms with van der Waals surface area (Å²) < 4.78 is 6.51. The van der Waals surface area contributed by atoms with Crippen LogP contribution in [0.25, 0.3) is 99.9 Å². The van der Waals surface area contributed by atoms with E-state index in [2.05, 4.69) is 85.5 Å². The predicted octanol–water partition coefficient (Wildman–Crippen LogP) is 11.2. The number of hydrogen-bond acceptors (Lipinski definition) is 5. The second-order valence-corrected chi connectivity index (χ2v) is 12.4. The van der Waals surface area contributed by atoms with Crippen molar-refractivity contribution in [3.63, 3.8) is 0 Å². The van der Waals surface area contributed by atoms with E-state index in [9.17, 15) is 0 Å². The normalized spacial score (nSPS) is 12.6. The van der Waals surface area contributed by atoms with Gasteiger partial charge in [-0.3, -0.25) is 4.98 Å². The maximum atomic E-state index is 6.51. The molecular weight excluding hydrogens is 601 g/mol. The maximum Gasteiger partial charge on any atom is 0.159 e. The highest BCUT2D eigenvalue weighted by Crippen LogP contribution is 2.41. The molecule has 4 heterocycles. The average molecular weight is 627 g/mol. The summed E-state index contributed by atoms with van der Waals surface area (Å²) in [6.45, 7) is 2.08. The number of allylic oxidation sites excluding steroid dienone is 2. The predicted molar refractivity (Wildman–Crippen MR) is 200 cm³/mol. The van der Waals surface area contributed by atoms with Crippen LogP contribution in [0.15, 0.2) is 144 Å². The number of pyridine rings is 2. The van der Waals surface area contributed by atoms with Crippen LogP contribution in [0.4, 0.5) is 0 Å². The van der Waals surface area contributed by atoms with Gasteiger partial charge >= 0.3 is 0 Å². The van der Waals surface area contributed by atoms with Crippen LogP contribution in [0.1, 0.15) is 18.1 Å². The van der Waals surface area contributed by atoms with Gasteiger partial charge in [0.1, 0.15) is 11.2 Å². The van der Waals surface area contributed by atoms with E-state index < -0.39 is 0 Å². The van der Waals surface area contributed by atoms with Crippen molar-refractivity contribution in [3.05, 3.63) is 151 Å². The Labute approximate surface area is 281 Å². The van der Waals surface area contributed by atoms with Crippen LogP contribution < -0.4 is 0 Å². The van der Waals surface area contributed by atoms with Crippen molar-refractivity contribution in [1.82, 2.24) is 19.9 Å². The summed E-state index contributed by atoms with van der Waals surface area (Å²) in [5.41, 5.74) is 15.0. The third-order valence-corrected chi connectivity index (χ3v) is 9.53. The fourth-order valence-electron chi connectivity index (χ4n) is 7.28. The molecular formula is C44H26N4O. The summed E-state index contributed by atoms with van der Waals surface area (Å²) in [6.07, 6.45) is 11.7. The second-order valence-electron chi connectivity index (χ2n) is 12.4. The minimum absolute atomic E-state index is 0.649. The van der Waals surface area contributed by atoms with Crippen LogP contribution in [0.2, 0.25) is 0 Å². The minimum atomic E-state index is 0.649. The van der Waals surface area contributed by atoms with Gasteiger partial charge in [0.25, 0.3) is 0 Å². The molecule has 0 bridgehead atoms. The Morgan fingerprint density at radius 2 is 1.45 bits per heavy atom. The van der Waals surface area contributed by atoms with E-state index in [0.29, 0.717) is 5.82 Å². The van der Waals surface area contributed by atoms with E-state index >= 15 is 0 Å². The average Bonchev–Trinajstić information content (AvgIpc) is 3.44. The molecule has 0 radical (unpaired) electrons. The van der Waals surface area contributed by atoms with Crippen LogP contribution in [0.3, 0.4) is 0 Å². The highest BCUT2D eigenvalue weighted by atomic mass is 16.3. The Balaban J connectivity index is 1.10. The number of rotatable bonds is 3. The topological polar surface area (TPSA) is 64.7 Å². The number of hydrogen-bond donors (Lipinski definition) is 0. The molecule has 0 atom stereocenters. The Kier molecular flexibility index (Phi) is 5.98. The van der Waals surface area contributed by atoms with Gasteiger partial charge in [0, 0.05) is 78.7 Å². The molecule has 10 rings (SSSR count). The van der Waals surface area contributed by atoms with Gasteiger partial charge in [0.05, 0.1) is 16.7 Å². The number of aromatic nitrogens is 4. The molecule has 228 valence electrons. The van der Waals surface area contributed by atoms with Crippen LogP contribution in [-0.4, -0.2) is 19.9 Å². The molecule has 5 aromatic carbocycles. The van der Waals surface area contributed by atoms with Gasteiger partial charge in [0.15, 0.2) is 5.82 Å². The van der Waals surface area contributed by atoms with E-state index in [1.807, 2.05) is 67.1 Å². The molecule has 49 heavy (non-hydrogen) atoms. The highest BCUT2D eigenvalue weighted by Gasteiger charge is 2.19. The number of furan rings is 1. The number of benzene rings is 5. The quantitative estimate of drug-likeness (QED) is 0.144. The highest BCUT2D eigenvalue weighted by molar-refractivity contribution is 6.24. The molecule has 9 aromatic rings. The number of nitrogens with zero attached hydrogens (tertiary/aromatic N) is 4. The molecule has 0 fully saturated rings. The number of fused-ring (bicyclic) bond motifs is 10. The molecule has 0 spiro atoms. The van der Waals surface area contributed by atoms with Crippen LogP contribution in [0, 0.1) is 0 Å². The van der Waals surface area contributed by atoms with Crippen molar-refractivity contribution < 1.29 is 4.42 Å². The van der Waals surface area contributed by atoms with E-state index in [0.717, 1.165) is 99.2 Å². The van der Waals surface area contributed by atoms with E-state index in [4.69, 9.17) is 24.4 Å². The molecule has 5 heteroatoms. The third kappa shape index (κ3) is 4.27. The first kappa shape index (κ1) is 27.4. The van der Waals surface area contributed by atoms with Gasteiger partial charge < -0.3 is 4.42 Å². The summed E-state index contributed by atoms with van der Waals surface area (Å²) in [4.78, 5) is 19.7. The van der Waals surface area contributed by atoms with Gasteiger partial charge in [-0.1, -0.05) is 78.9 Å². The largest absolute Gasteiger partial charge is 0.455 e. The smallest absolute Gasteiger partial charge is 0.159 e. The van der Waals surface area contributed by atoms with Gasteiger partial charge in [-0.15, -0.1) is 5.73 Å². The standard InChI is InChI=1S/C44H26N4O/c1-26-10-2-3-11-27-23-36(32-16-9-21-45-42(32)39(26)27)30-24-46-44(47-25-30)29-13-8-12-28(22-29)41-35-20-19-33-31-14-5-7-18-38(31)49-43(33)40(35)34-15-4-6-17-37(34)48-41/h2-9,11-25H,1H3. The maximum absolute atomic E-state index is 6.51. The Morgan fingerprint density at radius 1 is 0.653 bits per heavy atom. The monoisotopic (exact) mass is 626 g/mol. The SMILES string of the molecule is CC1=C=CC=Cc2cc(-c3cnc(-c4cccc(-c5nc6ccccc6c6c5ccc5c7ccccc7oc56)c4)nc3)c3cccnc3c21. The van der Waals surface area contributed by atoms with Crippen molar-refractivity contribution >= 4 is 66.2 Å². The lowest BCUT2D eigenvalue weighted by molar-refractivity contribution is 0.673. The van der Waals surface area contributed by atoms with E-state index in [-0.39, 0.29) is 0 Å². The molecule has 0 saturated carbocycles. The summed E-state index contributed by atoms with van der Waals surface area (Å²) in [6, 6.07) is 35.4. The first-order valence-electron chi connectivity index (χ1n) is 16.3. The minimum Gasteiger partial charge on any atom is -0.455 e. The summed E-state index contributed by atoms with van der Waals surface area (Å²) in [5.74, 6) is 0.649. The molecule has 5 nitrogen and oxygen atoms in total. The summed E-state index contributed by atoms with van der Waals surface area (Å²) in [5, 5.41) is 6.45. The zero-order valence-electron chi connectivity index (χ0n) is 26.5. The van der Waals surface area contributed by atoms with Gasteiger partial charge in [0.2, 0.25) is 0 Å². The lowest BCUT2D eigenvalue weighted by Crippen LogP contribution is -1.96. The van der Waals surface area contributed by atoms with Gasteiger partial charge in [-0.05, 0) is 60.5 Å². The lowest BCUT2D eigenvalue weighted by atomic mass is 9.92. The van der Waals surface area contributed by atoms with Crippen LogP contribution >= 0.6 is 0 Å². The zero-order chi connectivity index (χ0) is 32.5. The molecule has 0 saturated heterocycles. The lowest BCUT2D eigenvalue weighted by Gasteiger charge is -2.14. The molecule has 0 N–H and O–H groups in total. The third-order valence-electron chi connectivity index (χ3n) is 9.53. The first-order chi connectivity index (χ1) is 24.2.